The third kappa shape index (κ3) is 2.77. The molecule has 0 saturated heterocycles. The molecule has 0 radical (unpaired) electrons. The highest BCUT2D eigenvalue weighted by Crippen LogP contribution is 2.30. The summed E-state index contributed by atoms with van der Waals surface area (Å²) < 4.78 is 25.2. The average molecular weight is 280 g/mol. The Balaban J connectivity index is 3.21. The van der Waals surface area contributed by atoms with Gasteiger partial charge in [-0.2, -0.15) is 9.98 Å². The summed E-state index contributed by atoms with van der Waals surface area (Å²) in [6.07, 6.45) is 0. The van der Waals surface area contributed by atoms with Crippen molar-refractivity contribution in [1.82, 2.24) is 4.72 Å². The van der Waals surface area contributed by atoms with Crippen LogP contribution in [0.5, 0.6) is 0 Å². The molecule has 0 aliphatic carbocycles. The zero-order valence-corrected chi connectivity index (χ0v) is 10.2. The number of hydrogen-bond donors (Lipinski definition) is 2. The second-order valence-electron chi connectivity index (χ2n) is 2.78. The van der Waals surface area contributed by atoms with Crippen LogP contribution >= 0.6 is 23.2 Å². The Bertz CT molecular complexity index is 528. The van der Waals surface area contributed by atoms with Crippen molar-refractivity contribution in [3.8, 4) is 6.07 Å². The number of anilines is 1. The molecular formula is C8H7Cl2N3O2S. The summed E-state index contributed by atoms with van der Waals surface area (Å²) in [6, 6.07) is 3.99. The molecule has 0 heterocycles. The molecule has 0 aromatic heterocycles. The Kier molecular flexibility index (Phi) is 3.99. The standard InChI is InChI=1S/C8H7Cl2N3O2S/c9-6-3-5(4-7(10)8(6)12)16(14,15)13-2-1-11/h3-4,13H,2,12H2. The molecule has 0 bridgehead atoms. The molecule has 3 N–H and O–H groups in total. The van der Waals surface area contributed by atoms with Gasteiger partial charge in [-0.1, -0.05) is 23.2 Å². The van der Waals surface area contributed by atoms with Crippen molar-refractivity contribution < 1.29 is 8.42 Å². The van der Waals surface area contributed by atoms with E-state index >= 15 is 0 Å². The lowest BCUT2D eigenvalue weighted by atomic mass is 10.3. The minimum absolute atomic E-state index is 0.0461. The summed E-state index contributed by atoms with van der Waals surface area (Å²) in [6.45, 7) is -0.331. The number of sulfonamides is 1. The van der Waals surface area contributed by atoms with Gasteiger partial charge in [0.05, 0.1) is 33.2 Å². The fourth-order valence-corrected chi connectivity index (χ4v) is 2.51. The summed E-state index contributed by atoms with van der Waals surface area (Å²) in [5.74, 6) is 0. The van der Waals surface area contributed by atoms with E-state index in [0.29, 0.717) is 0 Å². The lowest BCUT2D eigenvalue weighted by molar-refractivity contribution is 0.586. The topological polar surface area (TPSA) is 96.0 Å². The number of benzene rings is 1. The van der Waals surface area contributed by atoms with Crippen molar-refractivity contribution in [3.63, 3.8) is 0 Å². The van der Waals surface area contributed by atoms with E-state index in [1.54, 1.807) is 6.07 Å². The van der Waals surface area contributed by atoms with Gasteiger partial charge < -0.3 is 5.73 Å². The van der Waals surface area contributed by atoms with Gasteiger partial charge in [0.1, 0.15) is 0 Å². The maximum Gasteiger partial charge on any atom is 0.241 e. The Morgan fingerprint density at radius 3 is 2.31 bits per heavy atom. The maximum atomic E-state index is 11.6. The number of rotatable bonds is 3. The van der Waals surface area contributed by atoms with Crippen molar-refractivity contribution in [2.75, 3.05) is 12.3 Å². The fraction of sp³-hybridized carbons (Fsp3) is 0.125. The molecule has 16 heavy (non-hydrogen) atoms. The fourth-order valence-electron chi connectivity index (χ4n) is 0.927. The summed E-state index contributed by atoms with van der Waals surface area (Å²) in [5, 5.41) is 8.37. The number of hydrogen-bond acceptors (Lipinski definition) is 4. The van der Waals surface area contributed by atoms with E-state index in [9.17, 15) is 8.42 Å². The van der Waals surface area contributed by atoms with Crippen LogP contribution in [-0.2, 0) is 10.0 Å². The highest BCUT2D eigenvalue weighted by molar-refractivity contribution is 7.89. The Morgan fingerprint density at radius 2 is 1.88 bits per heavy atom. The minimum atomic E-state index is -3.78. The van der Waals surface area contributed by atoms with Crippen molar-refractivity contribution in [2.24, 2.45) is 0 Å². The highest BCUT2D eigenvalue weighted by Gasteiger charge is 2.16. The van der Waals surface area contributed by atoms with Crippen molar-refractivity contribution in [3.05, 3.63) is 22.2 Å². The van der Waals surface area contributed by atoms with Crippen molar-refractivity contribution in [2.45, 2.75) is 4.90 Å². The number of nitrogens with two attached hydrogens (primary N) is 1. The Morgan fingerprint density at radius 1 is 1.38 bits per heavy atom. The van der Waals surface area contributed by atoms with Gasteiger partial charge in [0, 0.05) is 0 Å². The molecule has 86 valence electrons. The van der Waals surface area contributed by atoms with E-state index in [1.807, 2.05) is 0 Å². The molecule has 1 aromatic rings. The van der Waals surface area contributed by atoms with Crippen LogP contribution in [0.3, 0.4) is 0 Å². The van der Waals surface area contributed by atoms with Gasteiger partial charge in [-0.05, 0) is 12.1 Å². The summed E-state index contributed by atoms with van der Waals surface area (Å²) >= 11 is 11.4. The van der Waals surface area contributed by atoms with Crippen LogP contribution in [0, 0.1) is 11.3 Å². The van der Waals surface area contributed by atoms with E-state index in [4.69, 9.17) is 34.2 Å². The first kappa shape index (κ1) is 13.1. The van der Waals surface area contributed by atoms with Crippen molar-refractivity contribution in [1.29, 1.82) is 5.26 Å². The molecule has 0 saturated carbocycles. The van der Waals surface area contributed by atoms with Gasteiger partial charge >= 0.3 is 0 Å². The predicted molar refractivity (Wildman–Crippen MR) is 61.7 cm³/mol. The quantitative estimate of drug-likeness (QED) is 0.645. The number of nitrogens with zero attached hydrogens (tertiary/aromatic N) is 1. The number of halogens is 2. The van der Waals surface area contributed by atoms with Crippen molar-refractivity contribution >= 4 is 38.9 Å². The third-order valence-corrected chi connectivity index (χ3v) is 3.71. The lowest BCUT2D eigenvalue weighted by Gasteiger charge is -2.07. The molecular weight excluding hydrogens is 273 g/mol. The number of nitrogen functional groups attached to an aromatic ring is 1. The molecule has 0 spiro atoms. The Labute approximate surface area is 103 Å². The molecule has 1 rings (SSSR count). The third-order valence-electron chi connectivity index (χ3n) is 1.70. The molecule has 0 atom stereocenters. The van der Waals surface area contributed by atoms with Crippen LogP contribution in [0.4, 0.5) is 5.69 Å². The largest absolute Gasteiger partial charge is 0.396 e. The second kappa shape index (κ2) is 4.89. The van der Waals surface area contributed by atoms with Crippen LogP contribution in [0.15, 0.2) is 17.0 Å². The lowest BCUT2D eigenvalue weighted by Crippen LogP contribution is -2.24. The average Bonchev–Trinajstić information content (AvgIpc) is 2.22. The minimum Gasteiger partial charge on any atom is -0.396 e. The van der Waals surface area contributed by atoms with Gasteiger partial charge in [-0.25, -0.2) is 8.42 Å². The van der Waals surface area contributed by atoms with Crippen LogP contribution in [0.2, 0.25) is 10.0 Å². The smallest absolute Gasteiger partial charge is 0.241 e. The first-order valence-electron chi connectivity index (χ1n) is 3.99. The normalized spacial score (nSPS) is 11.1. The van der Waals surface area contributed by atoms with E-state index in [1.165, 1.54) is 12.1 Å². The number of nitriles is 1. The number of nitrogens with one attached hydrogen (secondary N) is 1. The summed E-state index contributed by atoms with van der Waals surface area (Å²) in [7, 11) is -3.78. The molecule has 1 aromatic carbocycles. The van der Waals surface area contributed by atoms with Gasteiger partial charge in [-0.15, -0.1) is 0 Å². The van der Waals surface area contributed by atoms with E-state index in [-0.39, 0.29) is 27.2 Å². The predicted octanol–water partition coefficient (Wildman–Crippen LogP) is 1.38. The molecule has 0 fully saturated rings. The van der Waals surface area contributed by atoms with Crippen LogP contribution < -0.4 is 10.5 Å². The Hall–Kier alpha value is -1.00. The van der Waals surface area contributed by atoms with Gasteiger partial charge in [0.2, 0.25) is 10.0 Å². The molecule has 0 amide bonds. The van der Waals surface area contributed by atoms with Crippen LogP contribution in [0.1, 0.15) is 0 Å². The molecule has 0 aliphatic rings. The monoisotopic (exact) mass is 279 g/mol. The van der Waals surface area contributed by atoms with E-state index in [2.05, 4.69) is 4.72 Å². The van der Waals surface area contributed by atoms with Gasteiger partial charge in [-0.3, -0.25) is 0 Å². The highest BCUT2D eigenvalue weighted by atomic mass is 35.5. The molecule has 8 heteroatoms. The van der Waals surface area contributed by atoms with E-state index < -0.39 is 10.0 Å². The molecule has 0 aliphatic heterocycles. The van der Waals surface area contributed by atoms with Crippen LogP contribution in [-0.4, -0.2) is 15.0 Å². The summed E-state index contributed by atoms with van der Waals surface area (Å²) in [4.78, 5) is -0.132. The zero-order valence-electron chi connectivity index (χ0n) is 7.87. The molecule has 5 nitrogen and oxygen atoms in total. The first-order valence-corrected chi connectivity index (χ1v) is 6.23. The van der Waals surface area contributed by atoms with Gasteiger partial charge in [0.15, 0.2) is 0 Å². The molecule has 0 unspecified atom stereocenters. The maximum absolute atomic E-state index is 11.6. The SMILES string of the molecule is N#CCNS(=O)(=O)c1cc(Cl)c(N)c(Cl)c1. The van der Waals surface area contributed by atoms with Crippen LogP contribution in [0.25, 0.3) is 0 Å². The zero-order chi connectivity index (χ0) is 12.3. The van der Waals surface area contributed by atoms with Gasteiger partial charge in [0.25, 0.3) is 0 Å². The first-order chi connectivity index (χ1) is 7.38. The summed E-state index contributed by atoms with van der Waals surface area (Å²) in [5.41, 5.74) is 5.58. The van der Waals surface area contributed by atoms with E-state index in [0.717, 1.165) is 0 Å². The second-order valence-corrected chi connectivity index (χ2v) is 5.36.